The lowest BCUT2D eigenvalue weighted by atomic mass is 9.82. The van der Waals surface area contributed by atoms with E-state index in [0.29, 0.717) is 11.3 Å². The third kappa shape index (κ3) is 2.80. The molecule has 0 bridgehead atoms. The molecule has 1 aromatic heterocycles. The zero-order valence-corrected chi connectivity index (χ0v) is 11.8. The lowest BCUT2D eigenvalue weighted by molar-refractivity contribution is 0.0149. The summed E-state index contributed by atoms with van der Waals surface area (Å²) >= 11 is 5.39. The SMILES string of the molecule is CC(C)c1c[nH]c(=S)n1CC1(C)CCOCC1. The summed E-state index contributed by atoms with van der Waals surface area (Å²) in [5.74, 6) is 0.506. The summed E-state index contributed by atoms with van der Waals surface area (Å²) in [5.41, 5.74) is 1.63. The molecule has 1 fully saturated rings. The first kappa shape index (κ1) is 12.8. The Labute approximate surface area is 108 Å². The minimum Gasteiger partial charge on any atom is -0.381 e. The van der Waals surface area contributed by atoms with Gasteiger partial charge < -0.3 is 14.3 Å². The van der Waals surface area contributed by atoms with E-state index in [9.17, 15) is 0 Å². The lowest BCUT2D eigenvalue weighted by Gasteiger charge is -2.34. The molecule has 3 nitrogen and oxygen atoms in total. The zero-order chi connectivity index (χ0) is 12.5. The molecule has 0 radical (unpaired) electrons. The Morgan fingerprint density at radius 1 is 1.47 bits per heavy atom. The van der Waals surface area contributed by atoms with Crippen molar-refractivity contribution in [1.82, 2.24) is 9.55 Å². The summed E-state index contributed by atoms with van der Waals surface area (Å²) in [6, 6.07) is 0. The van der Waals surface area contributed by atoms with E-state index in [2.05, 4.69) is 36.5 Å². The van der Waals surface area contributed by atoms with Crippen molar-refractivity contribution >= 4 is 12.2 Å². The molecule has 0 aliphatic carbocycles. The highest BCUT2D eigenvalue weighted by Crippen LogP contribution is 2.32. The number of H-pyrrole nitrogens is 1. The second-order valence-corrected chi connectivity index (χ2v) is 6.07. The van der Waals surface area contributed by atoms with Crippen LogP contribution in [-0.4, -0.2) is 22.8 Å². The fourth-order valence-electron chi connectivity index (χ4n) is 2.45. The van der Waals surface area contributed by atoms with E-state index in [4.69, 9.17) is 17.0 Å². The molecule has 0 aromatic carbocycles. The molecule has 0 saturated carbocycles. The predicted octanol–water partition coefficient (Wildman–Crippen LogP) is 3.49. The quantitative estimate of drug-likeness (QED) is 0.837. The highest BCUT2D eigenvalue weighted by molar-refractivity contribution is 7.71. The maximum atomic E-state index is 5.45. The normalized spacial score (nSPS) is 19.8. The van der Waals surface area contributed by atoms with Gasteiger partial charge >= 0.3 is 0 Å². The summed E-state index contributed by atoms with van der Waals surface area (Å²) in [7, 11) is 0. The van der Waals surface area contributed by atoms with Gasteiger partial charge in [-0.3, -0.25) is 0 Å². The molecule has 0 unspecified atom stereocenters. The Morgan fingerprint density at radius 2 is 2.12 bits per heavy atom. The highest BCUT2D eigenvalue weighted by Gasteiger charge is 2.28. The molecular formula is C13H22N2OS. The second-order valence-electron chi connectivity index (χ2n) is 5.68. The van der Waals surface area contributed by atoms with Gasteiger partial charge in [0, 0.05) is 31.6 Å². The maximum absolute atomic E-state index is 5.45. The Kier molecular flexibility index (Phi) is 3.73. The smallest absolute Gasteiger partial charge is 0.177 e. The van der Waals surface area contributed by atoms with E-state index < -0.39 is 0 Å². The van der Waals surface area contributed by atoms with Crippen LogP contribution in [-0.2, 0) is 11.3 Å². The first-order valence-corrected chi connectivity index (χ1v) is 6.78. The van der Waals surface area contributed by atoms with Gasteiger partial charge in [-0.1, -0.05) is 20.8 Å². The fourth-order valence-corrected chi connectivity index (χ4v) is 2.68. The Balaban J connectivity index is 2.22. The van der Waals surface area contributed by atoms with Crippen LogP contribution in [0.25, 0.3) is 0 Å². The second kappa shape index (κ2) is 4.94. The van der Waals surface area contributed by atoms with E-state index >= 15 is 0 Å². The van der Waals surface area contributed by atoms with Crippen molar-refractivity contribution in [2.75, 3.05) is 13.2 Å². The van der Waals surface area contributed by atoms with Gasteiger partial charge in [0.15, 0.2) is 4.77 Å². The summed E-state index contributed by atoms with van der Waals surface area (Å²) < 4.78 is 8.57. The minimum absolute atomic E-state index is 0.322. The number of aromatic nitrogens is 2. The van der Waals surface area contributed by atoms with Crippen LogP contribution >= 0.6 is 12.2 Å². The van der Waals surface area contributed by atoms with Crippen LogP contribution in [0.5, 0.6) is 0 Å². The number of aromatic amines is 1. The third-order valence-electron chi connectivity index (χ3n) is 3.73. The molecule has 1 aliphatic heterocycles. The van der Waals surface area contributed by atoms with Crippen molar-refractivity contribution in [3.8, 4) is 0 Å². The van der Waals surface area contributed by atoms with Crippen molar-refractivity contribution in [2.24, 2.45) is 5.41 Å². The minimum atomic E-state index is 0.322. The first-order chi connectivity index (χ1) is 8.02. The number of nitrogens with zero attached hydrogens (tertiary/aromatic N) is 1. The summed E-state index contributed by atoms with van der Waals surface area (Å²) in [6.07, 6.45) is 4.30. The predicted molar refractivity (Wildman–Crippen MR) is 71.9 cm³/mol. The van der Waals surface area contributed by atoms with Gasteiger partial charge in [0.05, 0.1) is 0 Å². The third-order valence-corrected chi connectivity index (χ3v) is 4.07. The van der Waals surface area contributed by atoms with Gasteiger partial charge in [-0.05, 0) is 36.4 Å². The van der Waals surface area contributed by atoms with E-state index in [-0.39, 0.29) is 0 Å². The first-order valence-electron chi connectivity index (χ1n) is 6.38. The molecule has 96 valence electrons. The number of imidazole rings is 1. The van der Waals surface area contributed by atoms with Gasteiger partial charge in [-0.25, -0.2) is 0 Å². The molecule has 1 aliphatic rings. The molecule has 4 heteroatoms. The standard InChI is InChI=1S/C13H22N2OS/c1-10(2)11-8-14-12(17)15(11)9-13(3)4-6-16-7-5-13/h8,10H,4-7,9H2,1-3H3,(H,14,17). The average molecular weight is 254 g/mol. The average Bonchev–Trinajstić information content (AvgIpc) is 2.61. The molecule has 1 aromatic rings. The molecule has 0 atom stereocenters. The molecule has 2 heterocycles. The van der Waals surface area contributed by atoms with Crippen LogP contribution in [0.2, 0.25) is 0 Å². The summed E-state index contributed by atoms with van der Waals surface area (Å²) in [6.45, 7) is 9.53. The number of hydrogen-bond acceptors (Lipinski definition) is 2. The number of rotatable bonds is 3. The highest BCUT2D eigenvalue weighted by atomic mass is 32.1. The van der Waals surface area contributed by atoms with Crippen LogP contribution in [0.15, 0.2) is 6.20 Å². The van der Waals surface area contributed by atoms with Crippen LogP contribution in [0, 0.1) is 10.2 Å². The molecular weight excluding hydrogens is 232 g/mol. The van der Waals surface area contributed by atoms with E-state index in [0.717, 1.165) is 37.4 Å². The topological polar surface area (TPSA) is 29.9 Å². The summed E-state index contributed by atoms with van der Waals surface area (Å²) in [4.78, 5) is 3.17. The van der Waals surface area contributed by atoms with Crippen LogP contribution in [0.3, 0.4) is 0 Å². The molecule has 0 amide bonds. The number of nitrogens with one attached hydrogen (secondary N) is 1. The van der Waals surface area contributed by atoms with Crippen molar-refractivity contribution in [3.63, 3.8) is 0 Å². The Bertz CT molecular complexity index is 427. The molecule has 2 rings (SSSR count). The van der Waals surface area contributed by atoms with Crippen LogP contribution in [0.4, 0.5) is 0 Å². The van der Waals surface area contributed by atoms with Crippen LogP contribution in [0.1, 0.15) is 45.2 Å². The number of hydrogen-bond donors (Lipinski definition) is 1. The van der Waals surface area contributed by atoms with Gasteiger partial charge in [-0.2, -0.15) is 0 Å². The van der Waals surface area contributed by atoms with Gasteiger partial charge in [0.25, 0.3) is 0 Å². The van der Waals surface area contributed by atoms with Crippen molar-refractivity contribution < 1.29 is 4.74 Å². The van der Waals surface area contributed by atoms with Crippen LogP contribution < -0.4 is 0 Å². The maximum Gasteiger partial charge on any atom is 0.177 e. The van der Waals surface area contributed by atoms with Gasteiger partial charge in [0.1, 0.15) is 0 Å². The van der Waals surface area contributed by atoms with E-state index in [1.165, 1.54) is 5.69 Å². The molecule has 1 N–H and O–H groups in total. The van der Waals surface area contributed by atoms with E-state index in [1.54, 1.807) is 0 Å². The fraction of sp³-hybridized carbons (Fsp3) is 0.769. The zero-order valence-electron chi connectivity index (χ0n) is 11.0. The largest absolute Gasteiger partial charge is 0.381 e. The lowest BCUT2D eigenvalue weighted by Crippen LogP contribution is -2.31. The molecule has 1 saturated heterocycles. The van der Waals surface area contributed by atoms with Gasteiger partial charge in [-0.15, -0.1) is 0 Å². The Hall–Kier alpha value is -0.610. The van der Waals surface area contributed by atoms with Crippen molar-refractivity contribution in [3.05, 3.63) is 16.7 Å². The Morgan fingerprint density at radius 3 is 2.71 bits per heavy atom. The monoisotopic (exact) mass is 254 g/mol. The van der Waals surface area contributed by atoms with Crippen molar-refractivity contribution in [1.29, 1.82) is 0 Å². The van der Waals surface area contributed by atoms with Crippen molar-refractivity contribution in [2.45, 2.75) is 46.1 Å². The molecule has 17 heavy (non-hydrogen) atoms. The van der Waals surface area contributed by atoms with Gasteiger partial charge in [0.2, 0.25) is 0 Å². The van der Waals surface area contributed by atoms with E-state index in [1.807, 2.05) is 0 Å². The molecule has 0 spiro atoms. The summed E-state index contributed by atoms with van der Waals surface area (Å²) in [5, 5.41) is 0. The number of ether oxygens (including phenoxy) is 1.